The van der Waals surface area contributed by atoms with Gasteiger partial charge in [-0.2, -0.15) is 13.2 Å². The summed E-state index contributed by atoms with van der Waals surface area (Å²) >= 11 is 0. The number of sulfone groups is 1. The lowest BCUT2D eigenvalue weighted by atomic mass is 9.99. The highest BCUT2D eigenvalue weighted by Gasteiger charge is 2.39. The van der Waals surface area contributed by atoms with Crippen molar-refractivity contribution in [3.05, 3.63) is 0 Å². The number of halogens is 3. The molecule has 0 saturated carbocycles. The molecular weight excluding hydrogens is 273 g/mol. The van der Waals surface area contributed by atoms with Gasteiger partial charge in [0.2, 0.25) is 0 Å². The lowest BCUT2D eigenvalue weighted by Crippen LogP contribution is -2.32. The molecule has 0 bridgehead atoms. The average molecular weight is 288 g/mol. The van der Waals surface area contributed by atoms with Crippen LogP contribution in [0, 0.1) is 5.92 Å². The van der Waals surface area contributed by atoms with E-state index in [1.807, 2.05) is 0 Å². The molecule has 4 nitrogen and oxygen atoms in total. The third kappa shape index (κ3) is 4.83. The maximum Gasteiger partial charge on any atom is 0.425 e. The molecule has 1 aliphatic heterocycles. The maximum atomic E-state index is 12.1. The van der Waals surface area contributed by atoms with Crippen molar-refractivity contribution in [1.29, 1.82) is 0 Å². The molecule has 0 radical (unpaired) electrons. The van der Waals surface area contributed by atoms with Crippen LogP contribution in [-0.2, 0) is 19.4 Å². The van der Waals surface area contributed by atoms with E-state index in [9.17, 15) is 26.4 Å². The number of carbonyl (C=O) groups excluding carboxylic acids is 1. The van der Waals surface area contributed by atoms with Crippen LogP contribution in [0.25, 0.3) is 0 Å². The lowest BCUT2D eigenvalue weighted by Gasteiger charge is -2.22. The number of rotatable bonds is 3. The molecule has 1 unspecified atom stereocenters. The summed E-state index contributed by atoms with van der Waals surface area (Å²) < 4.78 is 62.9. The Morgan fingerprint density at radius 1 is 1.33 bits per heavy atom. The standard InChI is InChI=1S/C10H15F3O4S/c1-7(10(11,12)13)17-9(14)6-8-2-4-18(15,16)5-3-8/h7-8H,2-6H2,1H3. The summed E-state index contributed by atoms with van der Waals surface area (Å²) in [6.07, 6.45) is -6.24. The van der Waals surface area contributed by atoms with E-state index in [2.05, 4.69) is 4.74 Å². The van der Waals surface area contributed by atoms with Crippen LogP contribution in [-0.4, -0.2) is 38.2 Å². The molecule has 1 saturated heterocycles. The average Bonchev–Trinajstić information content (AvgIpc) is 2.19. The molecule has 0 aromatic carbocycles. The molecule has 1 atom stereocenters. The Morgan fingerprint density at radius 2 is 1.83 bits per heavy atom. The summed E-state index contributed by atoms with van der Waals surface area (Å²) in [6.45, 7) is 0.767. The number of hydrogen-bond acceptors (Lipinski definition) is 4. The van der Waals surface area contributed by atoms with Gasteiger partial charge in [-0.15, -0.1) is 0 Å². The van der Waals surface area contributed by atoms with E-state index in [1.165, 1.54) is 0 Å². The number of ether oxygens (including phenoxy) is 1. The Bertz CT molecular complexity index is 388. The van der Waals surface area contributed by atoms with Crippen molar-refractivity contribution < 1.29 is 31.1 Å². The van der Waals surface area contributed by atoms with Crippen molar-refractivity contribution in [2.75, 3.05) is 11.5 Å². The SMILES string of the molecule is CC(OC(=O)CC1CCS(=O)(=O)CC1)C(F)(F)F. The van der Waals surface area contributed by atoms with Crippen LogP contribution < -0.4 is 0 Å². The van der Waals surface area contributed by atoms with E-state index in [1.54, 1.807) is 0 Å². The van der Waals surface area contributed by atoms with Crippen molar-refractivity contribution in [1.82, 2.24) is 0 Å². The Morgan fingerprint density at radius 3 is 2.28 bits per heavy atom. The molecule has 0 aromatic rings. The summed E-state index contributed by atoms with van der Waals surface area (Å²) in [5.74, 6) is -1.16. The molecular formula is C10H15F3O4S. The van der Waals surface area contributed by atoms with E-state index in [0.717, 1.165) is 6.92 Å². The summed E-state index contributed by atoms with van der Waals surface area (Å²) in [4.78, 5) is 11.3. The largest absolute Gasteiger partial charge is 0.453 e. The summed E-state index contributed by atoms with van der Waals surface area (Å²) in [6, 6.07) is 0. The van der Waals surface area contributed by atoms with E-state index < -0.39 is 28.1 Å². The molecule has 0 aliphatic carbocycles. The Labute approximate surface area is 103 Å². The van der Waals surface area contributed by atoms with E-state index >= 15 is 0 Å². The van der Waals surface area contributed by atoms with Gasteiger partial charge in [-0.25, -0.2) is 8.42 Å². The highest BCUT2D eigenvalue weighted by Crippen LogP contribution is 2.25. The zero-order valence-electron chi connectivity index (χ0n) is 9.87. The number of carbonyl (C=O) groups is 1. The van der Waals surface area contributed by atoms with Gasteiger partial charge in [0.1, 0.15) is 9.84 Å². The van der Waals surface area contributed by atoms with Crippen LogP contribution in [0.15, 0.2) is 0 Å². The van der Waals surface area contributed by atoms with Crippen molar-refractivity contribution in [3.63, 3.8) is 0 Å². The van der Waals surface area contributed by atoms with Crippen LogP contribution in [0.4, 0.5) is 13.2 Å². The monoisotopic (exact) mass is 288 g/mol. The molecule has 1 fully saturated rings. The second-order valence-corrected chi connectivity index (χ2v) is 6.78. The second kappa shape index (κ2) is 5.46. The van der Waals surface area contributed by atoms with Gasteiger partial charge in [-0.1, -0.05) is 0 Å². The normalized spacial score (nSPS) is 22.4. The van der Waals surface area contributed by atoms with Gasteiger partial charge < -0.3 is 4.74 Å². The fourth-order valence-corrected chi connectivity index (χ4v) is 3.28. The molecule has 0 N–H and O–H groups in total. The van der Waals surface area contributed by atoms with Crippen molar-refractivity contribution >= 4 is 15.8 Å². The van der Waals surface area contributed by atoms with Gasteiger partial charge in [-0.05, 0) is 25.7 Å². The zero-order valence-corrected chi connectivity index (χ0v) is 10.7. The fourth-order valence-electron chi connectivity index (χ4n) is 1.69. The van der Waals surface area contributed by atoms with Gasteiger partial charge in [-0.3, -0.25) is 4.79 Å². The van der Waals surface area contributed by atoms with Crippen molar-refractivity contribution in [2.24, 2.45) is 5.92 Å². The molecule has 1 heterocycles. The highest BCUT2D eigenvalue weighted by atomic mass is 32.2. The minimum Gasteiger partial charge on any atom is -0.453 e. The fraction of sp³-hybridized carbons (Fsp3) is 0.900. The van der Waals surface area contributed by atoms with Gasteiger partial charge in [0.15, 0.2) is 6.10 Å². The molecule has 1 aliphatic rings. The van der Waals surface area contributed by atoms with E-state index in [4.69, 9.17) is 0 Å². The van der Waals surface area contributed by atoms with E-state index in [0.29, 0.717) is 12.8 Å². The molecule has 0 amide bonds. The molecule has 8 heteroatoms. The number of hydrogen-bond donors (Lipinski definition) is 0. The first-order valence-electron chi connectivity index (χ1n) is 5.57. The molecule has 18 heavy (non-hydrogen) atoms. The topological polar surface area (TPSA) is 60.4 Å². The van der Waals surface area contributed by atoms with Crippen LogP contribution in [0.1, 0.15) is 26.2 Å². The van der Waals surface area contributed by atoms with Crippen LogP contribution in [0.5, 0.6) is 0 Å². The third-order valence-electron chi connectivity index (χ3n) is 2.90. The number of esters is 1. The lowest BCUT2D eigenvalue weighted by molar-refractivity contribution is -0.216. The zero-order chi connectivity index (χ0) is 14.0. The smallest absolute Gasteiger partial charge is 0.425 e. The Hall–Kier alpha value is -0.790. The summed E-state index contributed by atoms with van der Waals surface area (Å²) in [5, 5.41) is 0. The Balaban J connectivity index is 2.38. The van der Waals surface area contributed by atoms with Crippen molar-refractivity contribution in [3.8, 4) is 0 Å². The van der Waals surface area contributed by atoms with Gasteiger partial charge in [0.05, 0.1) is 11.5 Å². The molecule has 0 spiro atoms. The highest BCUT2D eigenvalue weighted by molar-refractivity contribution is 7.91. The van der Waals surface area contributed by atoms with Crippen molar-refractivity contribution in [2.45, 2.75) is 38.5 Å². The van der Waals surface area contributed by atoms with Crippen LogP contribution in [0.3, 0.4) is 0 Å². The minimum atomic E-state index is -4.56. The molecule has 106 valence electrons. The summed E-state index contributed by atoms with van der Waals surface area (Å²) in [5.41, 5.74) is 0. The first-order valence-corrected chi connectivity index (χ1v) is 7.39. The van der Waals surface area contributed by atoms with Gasteiger partial charge in [0, 0.05) is 6.42 Å². The third-order valence-corrected chi connectivity index (χ3v) is 4.61. The predicted octanol–water partition coefficient (Wildman–Crippen LogP) is 1.70. The van der Waals surface area contributed by atoms with Crippen LogP contribution in [0.2, 0.25) is 0 Å². The minimum absolute atomic E-state index is 0.0141. The quantitative estimate of drug-likeness (QED) is 0.742. The van der Waals surface area contributed by atoms with Gasteiger partial charge >= 0.3 is 12.1 Å². The van der Waals surface area contributed by atoms with Gasteiger partial charge in [0.25, 0.3) is 0 Å². The Kier molecular flexibility index (Phi) is 4.63. The number of alkyl halides is 3. The second-order valence-electron chi connectivity index (χ2n) is 4.47. The first-order chi connectivity index (χ1) is 8.10. The predicted molar refractivity (Wildman–Crippen MR) is 57.6 cm³/mol. The molecule has 1 rings (SSSR count). The first kappa shape index (κ1) is 15.3. The van der Waals surface area contributed by atoms with Crippen LogP contribution >= 0.6 is 0 Å². The maximum absolute atomic E-state index is 12.1. The summed E-state index contributed by atoms with van der Waals surface area (Å²) in [7, 11) is -3.03. The van der Waals surface area contributed by atoms with E-state index in [-0.39, 0.29) is 23.8 Å². The molecule has 0 aromatic heterocycles.